The van der Waals surface area contributed by atoms with Crippen LogP contribution in [0.4, 0.5) is 0 Å². The van der Waals surface area contributed by atoms with Crippen LogP contribution in [-0.4, -0.2) is 26.1 Å². The van der Waals surface area contributed by atoms with Crippen molar-refractivity contribution in [2.24, 2.45) is 0 Å². The molecule has 0 heterocycles. The molecule has 0 bridgehead atoms. The standard InChI is InChI=1S/C9H8N2O5S/c10-5-7-1-3-8(4-2-7)17(14,15)11-16-6-9(12)13/h1-4,11H,6H2,(H,12,13). The van der Waals surface area contributed by atoms with E-state index >= 15 is 0 Å². The summed E-state index contributed by atoms with van der Waals surface area (Å²) < 4.78 is 23.0. The number of hydrogen-bond donors (Lipinski definition) is 2. The first kappa shape index (κ1) is 13.1. The van der Waals surface area contributed by atoms with Crippen molar-refractivity contribution < 1.29 is 23.2 Å². The van der Waals surface area contributed by atoms with E-state index in [0.29, 0.717) is 5.56 Å². The molecule has 0 fully saturated rings. The molecule has 0 spiro atoms. The lowest BCUT2D eigenvalue weighted by atomic mass is 10.2. The van der Waals surface area contributed by atoms with Crippen molar-refractivity contribution in [1.29, 1.82) is 5.26 Å². The molecule has 0 unspecified atom stereocenters. The van der Waals surface area contributed by atoms with Gasteiger partial charge >= 0.3 is 5.97 Å². The van der Waals surface area contributed by atoms with Crippen LogP contribution < -0.4 is 4.89 Å². The Morgan fingerprint density at radius 1 is 1.41 bits per heavy atom. The lowest BCUT2D eigenvalue weighted by Crippen LogP contribution is -2.26. The summed E-state index contributed by atoms with van der Waals surface area (Å²) in [4.78, 5) is 15.9. The minimum absolute atomic E-state index is 0.123. The lowest BCUT2D eigenvalue weighted by molar-refractivity contribution is -0.143. The Balaban J connectivity index is 2.76. The number of sulfonamides is 1. The topological polar surface area (TPSA) is 116 Å². The average molecular weight is 256 g/mol. The van der Waals surface area contributed by atoms with E-state index < -0.39 is 22.6 Å². The maximum atomic E-state index is 11.5. The Morgan fingerprint density at radius 2 is 2.00 bits per heavy atom. The van der Waals surface area contributed by atoms with Gasteiger partial charge in [-0.25, -0.2) is 13.2 Å². The van der Waals surface area contributed by atoms with Crippen molar-refractivity contribution in [1.82, 2.24) is 4.89 Å². The van der Waals surface area contributed by atoms with Crippen LogP contribution >= 0.6 is 0 Å². The number of carboxylic acid groups (broad SMARTS) is 1. The summed E-state index contributed by atoms with van der Waals surface area (Å²) in [6.07, 6.45) is 0. The van der Waals surface area contributed by atoms with Gasteiger partial charge in [-0.05, 0) is 24.3 Å². The molecule has 1 rings (SSSR count). The third kappa shape index (κ3) is 3.84. The summed E-state index contributed by atoms with van der Waals surface area (Å²) in [6.45, 7) is -0.782. The number of aliphatic carboxylic acids is 1. The third-order valence-electron chi connectivity index (χ3n) is 1.66. The highest BCUT2D eigenvalue weighted by Crippen LogP contribution is 2.09. The SMILES string of the molecule is N#Cc1ccc(S(=O)(=O)NOCC(=O)O)cc1. The van der Waals surface area contributed by atoms with Crippen molar-refractivity contribution >= 4 is 16.0 Å². The zero-order valence-electron chi connectivity index (χ0n) is 8.45. The fourth-order valence-corrected chi connectivity index (χ4v) is 1.73. The molecule has 2 N–H and O–H groups in total. The summed E-state index contributed by atoms with van der Waals surface area (Å²) in [5.74, 6) is -1.30. The minimum atomic E-state index is -3.93. The zero-order chi connectivity index (χ0) is 12.9. The first-order valence-electron chi connectivity index (χ1n) is 4.31. The van der Waals surface area contributed by atoms with Gasteiger partial charge in [0, 0.05) is 0 Å². The summed E-state index contributed by atoms with van der Waals surface area (Å²) >= 11 is 0. The molecule has 1 aromatic rings. The summed E-state index contributed by atoms with van der Waals surface area (Å²) in [5, 5.41) is 16.8. The van der Waals surface area contributed by atoms with Gasteiger partial charge in [-0.3, -0.25) is 4.84 Å². The van der Waals surface area contributed by atoms with Crippen LogP contribution in [0.25, 0.3) is 0 Å². The van der Waals surface area contributed by atoms with Crippen LogP contribution in [0, 0.1) is 11.3 Å². The van der Waals surface area contributed by atoms with E-state index in [9.17, 15) is 13.2 Å². The van der Waals surface area contributed by atoms with Gasteiger partial charge in [-0.1, -0.05) is 4.89 Å². The molecule has 0 aromatic heterocycles. The average Bonchev–Trinajstić information content (AvgIpc) is 2.28. The molecule has 90 valence electrons. The van der Waals surface area contributed by atoms with Gasteiger partial charge < -0.3 is 5.11 Å². The molecular weight excluding hydrogens is 248 g/mol. The molecule has 17 heavy (non-hydrogen) atoms. The summed E-state index contributed by atoms with van der Waals surface area (Å²) in [5.41, 5.74) is 0.315. The molecule has 0 amide bonds. The predicted molar refractivity (Wildman–Crippen MR) is 55.1 cm³/mol. The highest BCUT2D eigenvalue weighted by molar-refractivity contribution is 7.89. The molecule has 0 aliphatic heterocycles. The smallest absolute Gasteiger partial charge is 0.331 e. The molecule has 0 saturated heterocycles. The fraction of sp³-hybridized carbons (Fsp3) is 0.111. The maximum absolute atomic E-state index is 11.5. The quantitative estimate of drug-likeness (QED) is 0.708. The van der Waals surface area contributed by atoms with E-state index in [4.69, 9.17) is 10.4 Å². The first-order chi connectivity index (χ1) is 7.95. The van der Waals surface area contributed by atoms with Crippen molar-refractivity contribution in [3.05, 3.63) is 29.8 Å². The second-order valence-electron chi connectivity index (χ2n) is 2.91. The minimum Gasteiger partial charge on any atom is -0.479 e. The number of nitrogens with zero attached hydrogens (tertiary/aromatic N) is 1. The van der Waals surface area contributed by atoms with Gasteiger partial charge in [0.1, 0.15) is 0 Å². The van der Waals surface area contributed by atoms with Crippen molar-refractivity contribution in [3.63, 3.8) is 0 Å². The van der Waals surface area contributed by atoms with Crippen LogP contribution in [0.1, 0.15) is 5.56 Å². The van der Waals surface area contributed by atoms with E-state index in [1.54, 1.807) is 4.89 Å². The zero-order valence-corrected chi connectivity index (χ0v) is 9.27. The van der Waals surface area contributed by atoms with E-state index in [1.165, 1.54) is 24.3 Å². The lowest BCUT2D eigenvalue weighted by Gasteiger charge is -2.05. The van der Waals surface area contributed by atoms with E-state index in [-0.39, 0.29) is 4.90 Å². The first-order valence-corrected chi connectivity index (χ1v) is 5.79. The number of nitriles is 1. The molecule has 0 saturated carbocycles. The van der Waals surface area contributed by atoms with E-state index in [2.05, 4.69) is 4.84 Å². The van der Waals surface area contributed by atoms with Crippen molar-refractivity contribution in [2.75, 3.05) is 6.61 Å². The van der Waals surface area contributed by atoms with E-state index in [0.717, 1.165) is 0 Å². The Labute approximate surface area is 97.3 Å². The van der Waals surface area contributed by atoms with Gasteiger partial charge in [0.15, 0.2) is 6.61 Å². The summed E-state index contributed by atoms with van der Waals surface area (Å²) in [6, 6.07) is 6.92. The monoisotopic (exact) mass is 256 g/mol. The van der Waals surface area contributed by atoms with Crippen LogP contribution in [0.3, 0.4) is 0 Å². The largest absolute Gasteiger partial charge is 0.479 e. The Bertz CT molecular complexity index is 544. The van der Waals surface area contributed by atoms with Gasteiger partial charge in [0.2, 0.25) is 0 Å². The van der Waals surface area contributed by atoms with Gasteiger partial charge in [-0.2, -0.15) is 5.26 Å². The highest BCUT2D eigenvalue weighted by Gasteiger charge is 2.14. The molecule has 7 nitrogen and oxygen atoms in total. The van der Waals surface area contributed by atoms with E-state index in [1.807, 2.05) is 6.07 Å². The molecule has 0 aliphatic carbocycles. The number of hydrogen-bond acceptors (Lipinski definition) is 5. The number of nitrogens with one attached hydrogen (secondary N) is 1. The van der Waals surface area contributed by atoms with Crippen LogP contribution in [0.5, 0.6) is 0 Å². The van der Waals surface area contributed by atoms with Crippen LogP contribution in [-0.2, 0) is 19.7 Å². The van der Waals surface area contributed by atoms with Gasteiger partial charge in [0.25, 0.3) is 10.0 Å². The van der Waals surface area contributed by atoms with Crippen molar-refractivity contribution in [3.8, 4) is 6.07 Å². The summed E-state index contributed by atoms with van der Waals surface area (Å²) in [7, 11) is -3.93. The van der Waals surface area contributed by atoms with Crippen LogP contribution in [0.15, 0.2) is 29.2 Å². The number of rotatable bonds is 5. The third-order valence-corrected chi connectivity index (χ3v) is 2.89. The Kier molecular flexibility index (Phi) is 4.17. The normalized spacial score (nSPS) is 10.8. The molecule has 0 radical (unpaired) electrons. The molecule has 8 heteroatoms. The second-order valence-corrected chi connectivity index (χ2v) is 4.55. The molecule has 0 atom stereocenters. The number of carboxylic acids is 1. The highest BCUT2D eigenvalue weighted by atomic mass is 32.2. The van der Waals surface area contributed by atoms with Crippen LogP contribution in [0.2, 0.25) is 0 Å². The predicted octanol–water partition coefficient (Wildman–Crippen LogP) is -0.147. The second kappa shape index (κ2) is 5.40. The molecular formula is C9H8N2O5S. The van der Waals surface area contributed by atoms with Gasteiger partial charge in [-0.15, -0.1) is 0 Å². The molecule has 1 aromatic carbocycles. The Hall–Kier alpha value is -1.95. The van der Waals surface area contributed by atoms with Crippen molar-refractivity contribution in [2.45, 2.75) is 4.90 Å². The molecule has 0 aliphatic rings. The Morgan fingerprint density at radius 3 is 2.47 bits per heavy atom. The fourth-order valence-electron chi connectivity index (χ4n) is 0.926. The number of benzene rings is 1. The van der Waals surface area contributed by atoms with Gasteiger partial charge in [0.05, 0.1) is 16.5 Å². The maximum Gasteiger partial charge on any atom is 0.331 e. The number of carbonyl (C=O) groups is 1.